The number of carbonyl (C=O) groups is 1. The van der Waals surface area contributed by atoms with Crippen LogP contribution in [0.5, 0.6) is 0 Å². The van der Waals surface area contributed by atoms with Crippen molar-refractivity contribution in [2.45, 2.75) is 58.5 Å². The Kier molecular flexibility index (Phi) is 5.31. The van der Waals surface area contributed by atoms with Gasteiger partial charge in [0.05, 0.1) is 5.69 Å². The van der Waals surface area contributed by atoms with E-state index in [2.05, 4.69) is 17.3 Å². The molecule has 1 N–H and O–H groups in total. The van der Waals surface area contributed by atoms with E-state index in [4.69, 9.17) is 0 Å². The summed E-state index contributed by atoms with van der Waals surface area (Å²) in [5, 5.41) is 7.58. The molecule has 1 atom stereocenters. The molecule has 0 spiro atoms. The molecule has 0 saturated heterocycles. The third kappa shape index (κ3) is 3.98. The molecule has 0 radical (unpaired) electrons. The molecule has 1 aliphatic rings. The minimum atomic E-state index is -0.0530. The first kappa shape index (κ1) is 17.4. The van der Waals surface area contributed by atoms with Crippen LogP contribution in [0.3, 0.4) is 0 Å². The zero-order valence-electron chi connectivity index (χ0n) is 14.9. The quantitative estimate of drug-likeness (QED) is 0.910. The molecule has 0 aliphatic heterocycles. The average molecular weight is 339 g/mol. The van der Waals surface area contributed by atoms with Gasteiger partial charge in [0.25, 0.3) is 11.5 Å². The molecule has 2 aromatic rings. The Hall–Kier alpha value is -2.43. The highest BCUT2D eigenvalue weighted by Crippen LogP contribution is 2.18. The standard InChI is InChI=1S/C20H25N3O2/c1-3-11-23-19(24)13-16-12-17(9-10-18(16)22-23)21-20(25)15-7-5-14(4-2)6-8-15/h5-8,13,17H,3-4,9-12H2,1-2H3,(H,21,25). The Morgan fingerprint density at radius 3 is 2.72 bits per heavy atom. The van der Waals surface area contributed by atoms with Crippen molar-refractivity contribution in [3.63, 3.8) is 0 Å². The number of aromatic nitrogens is 2. The second kappa shape index (κ2) is 7.64. The molecule has 1 aromatic carbocycles. The molecule has 0 bridgehead atoms. The summed E-state index contributed by atoms with van der Waals surface area (Å²) in [7, 11) is 0. The molecule has 1 aromatic heterocycles. The molecular formula is C20H25N3O2. The number of nitrogens with one attached hydrogen (secondary N) is 1. The summed E-state index contributed by atoms with van der Waals surface area (Å²) in [5.74, 6) is -0.0524. The minimum Gasteiger partial charge on any atom is -0.349 e. The van der Waals surface area contributed by atoms with Crippen molar-refractivity contribution < 1.29 is 4.79 Å². The largest absolute Gasteiger partial charge is 0.349 e. The molecule has 25 heavy (non-hydrogen) atoms. The Morgan fingerprint density at radius 1 is 1.28 bits per heavy atom. The highest BCUT2D eigenvalue weighted by atomic mass is 16.1. The van der Waals surface area contributed by atoms with Gasteiger partial charge in [-0.2, -0.15) is 5.10 Å². The van der Waals surface area contributed by atoms with Crippen LogP contribution in [0.2, 0.25) is 0 Å². The number of rotatable bonds is 5. The van der Waals surface area contributed by atoms with Gasteiger partial charge in [0.2, 0.25) is 0 Å². The van der Waals surface area contributed by atoms with E-state index in [1.807, 2.05) is 31.2 Å². The van der Waals surface area contributed by atoms with Gasteiger partial charge in [0.1, 0.15) is 0 Å². The predicted molar refractivity (Wildman–Crippen MR) is 97.9 cm³/mol. The fourth-order valence-electron chi connectivity index (χ4n) is 3.29. The topological polar surface area (TPSA) is 64.0 Å². The number of hydrogen-bond donors (Lipinski definition) is 1. The Balaban J connectivity index is 1.69. The lowest BCUT2D eigenvalue weighted by Gasteiger charge is -2.25. The van der Waals surface area contributed by atoms with Gasteiger partial charge in [-0.3, -0.25) is 9.59 Å². The van der Waals surface area contributed by atoms with Crippen LogP contribution in [0.4, 0.5) is 0 Å². The lowest BCUT2D eigenvalue weighted by atomic mass is 9.92. The zero-order chi connectivity index (χ0) is 17.8. The monoisotopic (exact) mass is 339 g/mol. The molecule has 132 valence electrons. The smallest absolute Gasteiger partial charge is 0.267 e. The van der Waals surface area contributed by atoms with Crippen molar-refractivity contribution in [2.75, 3.05) is 0 Å². The van der Waals surface area contributed by atoms with Gasteiger partial charge >= 0.3 is 0 Å². The summed E-state index contributed by atoms with van der Waals surface area (Å²) >= 11 is 0. The van der Waals surface area contributed by atoms with Crippen molar-refractivity contribution in [3.05, 3.63) is 63.1 Å². The maximum atomic E-state index is 12.4. The number of aryl methyl sites for hydroxylation is 3. The third-order valence-electron chi connectivity index (χ3n) is 4.76. The second-order valence-electron chi connectivity index (χ2n) is 6.64. The van der Waals surface area contributed by atoms with Gasteiger partial charge in [-0.1, -0.05) is 26.0 Å². The first-order chi connectivity index (χ1) is 12.1. The Bertz CT molecular complexity index is 809. The fraction of sp³-hybridized carbons (Fsp3) is 0.450. The lowest BCUT2D eigenvalue weighted by Crippen LogP contribution is -2.40. The first-order valence-corrected chi connectivity index (χ1v) is 9.10. The van der Waals surface area contributed by atoms with E-state index >= 15 is 0 Å². The summed E-state index contributed by atoms with van der Waals surface area (Å²) in [4.78, 5) is 24.5. The lowest BCUT2D eigenvalue weighted by molar-refractivity contribution is 0.0933. The van der Waals surface area contributed by atoms with E-state index in [9.17, 15) is 9.59 Å². The molecule has 1 unspecified atom stereocenters. The van der Waals surface area contributed by atoms with E-state index in [0.717, 1.165) is 36.9 Å². The molecule has 0 saturated carbocycles. The van der Waals surface area contributed by atoms with E-state index in [0.29, 0.717) is 18.5 Å². The molecule has 1 aliphatic carbocycles. The number of amides is 1. The van der Waals surface area contributed by atoms with Gasteiger partial charge in [0.15, 0.2) is 0 Å². The molecule has 0 fully saturated rings. The van der Waals surface area contributed by atoms with Crippen LogP contribution in [0.1, 0.15) is 53.9 Å². The maximum Gasteiger partial charge on any atom is 0.267 e. The van der Waals surface area contributed by atoms with Gasteiger partial charge < -0.3 is 5.32 Å². The highest BCUT2D eigenvalue weighted by molar-refractivity contribution is 5.94. The van der Waals surface area contributed by atoms with Gasteiger partial charge in [-0.15, -0.1) is 0 Å². The van der Waals surface area contributed by atoms with Crippen molar-refractivity contribution >= 4 is 5.91 Å². The SMILES string of the molecule is CCCn1nc2c(cc1=O)CC(NC(=O)c1ccc(CC)cc1)CC2. The van der Waals surface area contributed by atoms with Crippen molar-refractivity contribution in [2.24, 2.45) is 0 Å². The minimum absolute atomic E-state index is 0.0501. The van der Waals surface area contributed by atoms with Crippen LogP contribution >= 0.6 is 0 Å². The molecule has 3 rings (SSSR count). The van der Waals surface area contributed by atoms with Gasteiger partial charge in [-0.25, -0.2) is 4.68 Å². The highest BCUT2D eigenvalue weighted by Gasteiger charge is 2.22. The number of fused-ring (bicyclic) bond motifs is 1. The molecule has 1 amide bonds. The number of hydrogen-bond acceptors (Lipinski definition) is 3. The van der Waals surface area contributed by atoms with E-state index in [1.165, 1.54) is 5.56 Å². The molecular weight excluding hydrogens is 314 g/mol. The average Bonchev–Trinajstić information content (AvgIpc) is 2.62. The summed E-state index contributed by atoms with van der Waals surface area (Å²) in [5.41, 5.74) is 3.81. The fourth-order valence-corrected chi connectivity index (χ4v) is 3.29. The maximum absolute atomic E-state index is 12.4. The summed E-state index contributed by atoms with van der Waals surface area (Å²) in [6.45, 7) is 4.78. The molecule has 1 heterocycles. The Labute approximate surface area is 148 Å². The number of benzene rings is 1. The van der Waals surface area contributed by atoms with E-state index in [1.54, 1.807) is 10.7 Å². The van der Waals surface area contributed by atoms with Gasteiger partial charge in [-0.05, 0) is 55.4 Å². The Morgan fingerprint density at radius 2 is 2.04 bits per heavy atom. The van der Waals surface area contributed by atoms with Crippen LogP contribution in [0, 0.1) is 0 Å². The van der Waals surface area contributed by atoms with Crippen molar-refractivity contribution in [1.29, 1.82) is 0 Å². The third-order valence-corrected chi connectivity index (χ3v) is 4.76. The van der Waals surface area contributed by atoms with Crippen LogP contribution in [-0.4, -0.2) is 21.7 Å². The van der Waals surface area contributed by atoms with Crippen LogP contribution in [0.25, 0.3) is 0 Å². The van der Waals surface area contributed by atoms with Crippen molar-refractivity contribution in [1.82, 2.24) is 15.1 Å². The number of nitrogens with zero attached hydrogens (tertiary/aromatic N) is 2. The van der Waals surface area contributed by atoms with Gasteiger partial charge in [0, 0.05) is 24.2 Å². The van der Waals surface area contributed by atoms with Crippen LogP contribution in [-0.2, 0) is 25.8 Å². The summed E-state index contributed by atoms with van der Waals surface area (Å²) < 4.78 is 1.55. The predicted octanol–water partition coefficient (Wildman–Crippen LogP) is 2.50. The second-order valence-corrected chi connectivity index (χ2v) is 6.64. The van der Waals surface area contributed by atoms with Crippen LogP contribution in [0.15, 0.2) is 35.1 Å². The normalized spacial score (nSPS) is 16.3. The molecule has 5 nitrogen and oxygen atoms in total. The number of carbonyl (C=O) groups excluding carboxylic acids is 1. The van der Waals surface area contributed by atoms with E-state index < -0.39 is 0 Å². The zero-order valence-corrected chi connectivity index (χ0v) is 14.9. The summed E-state index contributed by atoms with van der Waals surface area (Å²) in [6.07, 6.45) is 4.16. The molecule has 5 heteroatoms. The summed E-state index contributed by atoms with van der Waals surface area (Å²) in [6, 6.07) is 9.46. The van der Waals surface area contributed by atoms with Crippen LogP contribution < -0.4 is 10.9 Å². The van der Waals surface area contributed by atoms with E-state index in [-0.39, 0.29) is 17.5 Å². The first-order valence-electron chi connectivity index (χ1n) is 9.10. The van der Waals surface area contributed by atoms with Crippen molar-refractivity contribution in [3.8, 4) is 0 Å².